The smallest absolute Gasteiger partial charge is 0.0819 e. The molecular weight excluding hydrogens is 114 g/mol. The van der Waals surface area contributed by atoms with Gasteiger partial charge in [-0.25, -0.2) is 0 Å². The third kappa shape index (κ3) is 0.864. The highest BCUT2D eigenvalue weighted by atomic mass is 16.5. The summed E-state index contributed by atoms with van der Waals surface area (Å²) in [6, 6.07) is 0. The van der Waals surface area contributed by atoms with E-state index < -0.39 is 0 Å². The zero-order valence-electron chi connectivity index (χ0n) is 5.65. The Morgan fingerprint density at radius 1 is 1.33 bits per heavy atom. The largest absolute Gasteiger partial charge is 0.374 e. The van der Waals surface area contributed by atoms with Crippen molar-refractivity contribution >= 4 is 0 Å². The monoisotopic (exact) mass is 127 g/mol. The standard InChI is InChI=1S/C7H13NO/c1-2-7(9-5-1)3-4-8-6-7/h8H,1-6H2/t7-/m0/s1. The molecule has 2 aliphatic rings. The van der Waals surface area contributed by atoms with E-state index in [1.165, 1.54) is 19.3 Å². The van der Waals surface area contributed by atoms with Gasteiger partial charge in [0.2, 0.25) is 0 Å². The fourth-order valence-corrected chi connectivity index (χ4v) is 1.81. The highest BCUT2D eigenvalue weighted by molar-refractivity contribution is 4.92. The molecule has 2 rings (SSSR count). The fraction of sp³-hybridized carbons (Fsp3) is 1.00. The van der Waals surface area contributed by atoms with Gasteiger partial charge in [-0.1, -0.05) is 0 Å². The number of hydrogen-bond acceptors (Lipinski definition) is 2. The van der Waals surface area contributed by atoms with Crippen LogP contribution < -0.4 is 5.32 Å². The Morgan fingerprint density at radius 3 is 2.89 bits per heavy atom. The third-order valence-electron chi connectivity index (χ3n) is 2.39. The van der Waals surface area contributed by atoms with E-state index in [4.69, 9.17) is 4.74 Å². The molecule has 0 amide bonds. The van der Waals surface area contributed by atoms with Gasteiger partial charge in [-0.05, 0) is 25.8 Å². The van der Waals surface area contributed by atoms with E-state index in [2.05, 4.69) is 5.32 Å². The minimum atomic E-state index is 0.278. The lowest BCUT2D eigenvalue weighted by atomic mass is 10.00. The first kappa shape index (κ1) is 5.69. The Labute approximate surface area is 55.6 Å². The van der Waals surface area contributed by atoms with Crippen molar-refractivity contribution in [2.24, 2.45) is 0 Å². The second-order valence-electron chi connectivity index (χ2n) is 3.06. The van der Waals surface area contributed by atoms with Crippen molar-refractivity contribution in [1.29, 1.82) is 0 Å². The molecule has 0 aliphatic carbocycles. The van der Waals surface area contributed by atoms with Crippen LogP contribution in [0.5, 0.6) is 0 Å². The van der Waals surface area contributed by atoms with Gasteiger partial charge in [0.1, 0.15) is 0 Å². The van der Waals surface area contributed by atoms with Crippen LogP contribution in [0.2, 0.25) is 0 Å². The third-order valence-corrected chi connectivity index (χ3v) is 2.39. The average molecular weight is 127 g/mol. The molecule has 2 nitrogen and oxygen atoms in total. The number of ether oxygens (including phenoxy) is 1. The van der Waals surface area contributed by atoms with Crippen molar-refractivity contribution in [3.63, 3.8) is 0 Å². The minimum absolute atomic E-state index is 0.278. The lowest BCUT2D eigenvalue weighted by Gasteiger charge is -2.19. The van der Waals surface area contributed by atoms with E-state index in [1.807, 2.05) is 0 Å². The number of rotatable bonds is 0. The molecule has 0 aromatic rings. The molecule has 1 spiro atoms. The summed E-state index contributed by atoms with van der Waals surface area (Å²) in [4.78, 5) is 0. The van der Waals surface area contributed by atoms with E-state index in [0.717, 1.165) is 19.7 Å². The Balaban J connectivity index is 2.04. The summed E-state index contributed by atoms with van der Waals surface area (Å²) in [6.07, 6.45) is 3.77. The maximum atomic E-state index is 5.64. The van der Waals surface area contributed by atoms with Crippen LogP contribution in [0, 0.1) is 0 Å². The quantitative estimate of drug-likeness (QED) is 0.512. The first-order valence-electron chi connectivity index (χ1n) is 3.76. The molecule has 1 N–H and O–H groups in total. The summed E-state index contributed by atoms with van der Waals surface area (Å²) in [7, 11) is 0. The maximum Gasteiger partial charge on any atom is 0.0819 e. The van der Waals surface area contributed by atoms with Crippen LogP contribution in [0.4, 0.5) is 0 Å². The second kappa shape index (κ2) is 1.96. The van der Waals surface area contributed by atoms with Crippen LogP contribution >= 0.6 is 0 Å². The van der Waals surface area contributed by atoms with Gasteiger partial charge in [0.15, 0.2) is 0 Å². The molecule has 2 fully saturated rings. The van der Waals surface area contributed by atoms with Gasteiger partial charge in [-0.15, -0.1) is 0 Å². The molecule has 2 aliphatic heterocycles. The van der Waals surface area contributed by atoms with Crippen LogP contribution in [0.1, 0.15) is 19.3 Å². The summed E-state index contributed by atoms with van der Waals surface area (Å²) in [5.41, 5.74) is 0.278. The summed E-state index contributed by atoms with van der Waals surface area (Å²) in [5.74, 6) is 0. The van der Waals surface area contributed by atoms with Crippen molar-refractivity contribution in [3.8, 4) is 0 Å². The zero-order chi connectivity index (χ0) is 6.16. The molecule has 2 heteroatoms. The van der Waals surface area contributed by atoms with Crippen molar-refractivity contribution in [2.75, 3.05) is 19.7 Å². The lowest BCUT2D eigenvalue weighted by molar-refractivity contribution is 0.0217. The van der Waals surface area contributed by atoms with E-state index >= 15 is 0 Å². The SMILES string of the molecule is C1CO[C@@]2(C1)CCNC2. The highest BCUT2D eigenvalue weighted by Crippen LogP contribution is 2.30. The van der Waals surface area contributed by atoms with Crippen LogP contribution in [0.3, 0.4) is 0 Å². The summed E-state index contributed by atoms with van der Waals surface area (Å²) >= 11 is 0. The van der Waals surface area contributed by atoms with E-state index in [0.29, 0.717) is 0 Å². The molecule has 0 radical (unpaired) electrons. The second-order valence-corrected chi connectivity index (χ2v) is 3.06. The van der Waals surface area contributed by atoms with Gasteiger partial charge in [0.05, 0.1) is 5.60 Å². The number of hydrogen-bond donors (Lipinski definition) is 1. The summed E-state index contributed by atoms with van der Waals surface area (Å²) in [5, 5.41) is 3.33. The van der Waals surface area contributed by atoms with Gasteiger partial charge in [0.25, 0.3) is 0 Å². The van der Waals surface area contributed by atoms with Gasteiger partial charge in [-0.2, -0.15) is 0 Å². The van der Waals surface area contributed by atoms with Crippen molar-refractivity contribution in [1.82, 2.24) is 5.32 Å². The molecule has 2 heterocycles. The summed E-state index contributed by atoms with van der Waals surface area (Å²) in [6.45, 7) is 3.23. The van der Waals surface area contributed by atoms with Gasteiger partial charge >= 0.3 is 0 Å². The minimum Gasteiger partial charge on any atom is -0.374 e. The molecule has 0 saturated carbocycles. The highest BCUT2D eigenvalue weighted by Gasteiger charge is 2.37. The normalized spacial score (nSPS) is 42.7. The van der Waals surface area contributed by atoms with E-state index in [9.17, 15) is 0 Å². The van der Waals surface area contributed by atoms with Crippen molar-refractivity contribution in [2.45, 2.75) is 24.9 Å². The molecule has 52 valence electrons. The van der Waals surface area contributed by atoms with Gasteiger partial charge in [0, 0.05) is 13.2 Å². The first-order valence-corrected chi connectivity index (χ1v) is 3.76. The topological polar surface area (TPSA) is 21.3 Å². The lowest BCUT2D eigenvalue weighted by Crippen LogP contribution is -2.29. The Hall–Kier alpha value is -0.0800. The average Bonchev–Trinajstić information content (AvgIpc) is 2.45. The van der Waals surface area contributed by atoms with E-state index in [1.54, 1.807) is 0 Å². The first-order chi connectivity index (χ1) is 4.41. The van der Waals surface area contributed by atoms with Gasteiger partial charge in [-0.3, -0.25) is 0 Å². The fourth-order valence-electron chi connectivity index (χ4n) is 1.81. The molecular formula is C7H13NO. The Kier molecular flexibility index (Phi) is 1.24. The summed E-state index contributed by atoms with van der Waals surface area (Å²) < 4.78 is 5.64. The Morgan fingerprint density at radius 2 is 2.33 bits per heavy atom. The molecule has 0 unspecified atom stereocenters. The molecule has 2 saturated heterocycles. The van der Waals surface area contributed by atoms with Gasteiger partial charge < -0.3 is 10.1 Å². The molecule has 1 atom stereocenters. The molecule has 9 heavy (non-hydrogen) atoms. The molecule has 0 bridgehead atoms. The molecule has 0 aromatic carbocycles. The van der Waals surface area contributed by atoms with Crippen LogP contribution in [0.15, 0.2) is 0 Å². The zero-order valence-corrected chi connectivity index (χ0v) is 5.65. The van der Waals surface area contributed by atoms with Crippen molar-refractivity contribution < 1.29 is 4.74 Å². The Bertz CT molecular complexity index is 84.0. The number of nitrogens with one attached hydrogen (secondary N) is 1. The van der Waals surface area contributed by atoms with Crippen molar-refractivity contribution in [3.05, 3.63) is 0 Å². The predicted molar refractivity (Wildman–Crippen MR) is 35.4 cm³/mol. The predicted octanol–water partition coefficient (Wildman–Crippen LogP) is 0.529. The van der Waals surface area contributed by atoms with Crippen LogP contribution in [-0.4, -0.2) is 25.3 Å². The molecule has 0 aromatic heterocycles. The van der Waals surface area contributed by atoms with E-state index in [-0.39, 0.29) is 5.60 Å². The van der Waals surface area contributed by atoms with Crippen LogP contribution in [0.25, 0.3) is 0 Å². The van der Waals surface area contributed by atoms with Crippen LogP contribution in [-0.2, 0) is 4.74 Å². The maximum absolute atomic E-state index is 5.64.